The van der Waals surface area contributed by atoms with Gasteiger partial charge in [0.05, 0.1) is 23.3 Å². The Hall–Kier alpha value is -2.92. The fourth-order valence-electron chi connectivity index (χ4n) is 2.29. The molecule has 1 amide bonds. The molecule has 0 saturated heterocycles. The van der Waals surface area contributed by atoms with Gasteiger partial charge in [-0.3, -0.25) is 9.89 Å². The number of nitrogens with zero attached hydrogens (tertiary/aromatic N) is 7. The summed E-state index contributed by atoms with van der Waals surface area (Å²) >= 11 is 3.22. The van der Waals surface area contributed by atoms with Crippen molar-refractivity contribution in [2.24, 2.45) is 0 Å². The number of carbonyl (C=O) groups is 1. The Morgan fingerprint density at radius 2 is 2.32 bits per heavy atom. The molecule has 0 fully saturated rings. The highest BCUT2D eigenvalue weighted by Gasteiger charge is 2.20. The van der Waals surface area contributed by atoms with Crippen LogP contribution in [0.25, 0.3) is 15.7 Å². The summed E-state index contributed by atoms with van der Waals surface area (Å²) < 4.78 is 1.37. The number of thiophene rings is 1. The number of tetrazole rings is 1. The number of H-pyrrole nitrogens is 1. The SMILES string of the molecule is CN(Cc1csc(-c2cccs2)n1)C(=O)c1cn[nH]c1-n1cnnn1. The number of thiazole rings is 1. The number of hydrogen-bond donors (Lipinski definition) is 1. The molecule has 4 aromatic rings. The van der Waals surface area contributed by atoms with Gasteiger partial charge >= 0.3 is 0 Å². The van der Waals surface area contributed by atoms with Crippen LogP contribution in [-0.2, 0) is 6.54 Å². The minimum absolute atomic E-state index is 0.190. The first-order valence-corrected chi connectivity index (χ1v) is 8.99. The van der Waals surface area contributed by atoms with Crippen LogP contribution in [0.5, 0.6) is 0 Å². The first-order chi connectivity index (χ1) is 12.2. The van der Waals surface area contributed by atoms with Crippen LogP contribution in [0.3, 0.4) is 0 Å². The molecule has 0 radical (unpaired) electrons. The maximum atomic E-state index is 12.7. The Morgan fingerprint density at radius 1 is 1.40 bits per heavy atom. The summed E-state index contributed by atoms with van der Waals surface area (Å²) in [7, 11) is 1.73. The number of carbonyl (C=O) groups excluding carboxylic acids is 1. The Morgan fingerprint density at radius 3 is 3.08 bits per heavy atom. The average Bonchev–Trinajstić information content (AvgIpc) is 3.41. The Balaban J connectivity index is 1.51. The highest BCUT2D eigenvalue weighted by Crippen LogP contribution is 2.28. The van der Waals surface area contributed by atoms with E-state index in [1.54, 1.807) is 34.6 Å². The largest absolute Gasteiger partial charge is 0.336 e. The molecule has 1 N–H and O–H groups in total. The fourth-order valence-corrected chi connectivity index (χ4v) is 3.91. The van der Waals surface area contributed by atoms with Gasteiger partial charge in [0.1, 0.15) is 16.9 Å². The fraction of sp³-hybridized carbons (Fsp3) is 0.143. The lowest BCUT2D eigenvalue weighted by Crippen LogP contribution is -2.27. The minimum atomic E-state index is -0.190. The van der Waals surface area contributed by atoms with Crippen molar-refractivity contribution < 1.29 is 4.79 Å². The van der Waals surface area contributed by atoms with Crippen LogP contribution in [0.1, 0.15) is 16.1 Å². The molecule has 0 aromatic carbocycles. The molecule has 4 rings (SSSR count). The second-order valence-corrected chi connectivity index (χ2v) is 6.97. The van der Waals surface area contributed by atoms with Gasteiger partial charge in [-0.05, 0) is 21.9 Å². The lowest BCUT2D eigenvalue weighted by Gasteiger charge is -2.15. The molecule has 0 atom stereocenters. The first-order valence-electron chi connectivity index (χ1n) is 7.23. The quantitative estimate of drug-likeness (QED) is 0.573. The smallest absolute Gasteiger partial charge is 0.259 e. The molecule has 0 saturated carbocycles. The molecule has 9 nitrogen and oxygen atoms in total. The predicted octanol–water partition coefficient (Wildman–Crippen LogP) is 1.84. The zero-order valence-corrected chi connectivity index (χ0v) is 14.7. The molecular formula is C14H12N8OS2. The van der Waals surface area contributed by atoms with Crippen LogP contribution in [0.4, 0.5) is 0 Å². The zero-order valence-electron chi connectivity index (χ0n) is 13.0. The highest BCUT2D eigenvalue weighted by molar-refractivity contribution is 7.20. The van der Waals surface area contributed by atoms with Gasteiger partial charge in [-0.1, -0.05) is 6.07 Å². The topological polar surface area (TPSA) is 105 Å². The number of nitrogens with one attached hydrogen (secondary N) is 1. The van der Waals surface area contributed by atoms with Gasteiger partial charge in [-0.25, -0.2) is 4.98 Å². The van der Waals surface area contributed by atoms with Crippen molar-refractivity contribution >= 4 is 28.6 Å². The first kappa shape index (κ1) is 15.6. The molecule has 0 aliphatic rings. The Bertz CT molecular complexity index is 973. The van der Waals surface area contributed by atoms with Crippen molar-refractivity contribution in [2.75, 3.05) is 7.05 Å². The minimum Gasteiger partial charge on any atom is -0.336 e. The van der Waals surface area contributed by atoms with Crippen LogP contribution in [0, 0.1) is 0 Å². The molecule has 126 valence electrons. The van der Waals surface area contributed by atoms with Gasteiger partial charge in [-0.2, -0.15) is 9.78 Å². The number of aromatic nitrogens is 7. The van der Waals surface area contributed by atoms with Crippen LogP contribution in [0.2, 0.25) is 0 Å². The summed E-state index contributed by atoms with van der Waals surface area (Å²) in [5, 5.41) is 22.5. The summed E-state index contributed by atoms with van der Waals surface area (Å²) in [5.41, 5.74) is 1.24. The van der Waals surface area contributed by atoms with Crippen LogP contribution in [-0.4, -0.2) is 53.2 Å². The monoisotopic (exact) mass is 372 g/mol. The highest BCUT2D eigenvalue weighted by atomic mass is 32.1. The van der Waals surface area contributed by atoms with Gasteiger partial charge in [0.15, 0.2) is 5.82 Å². The van der Waals surface area contributed by atoms with Crippen molar-refractivity contribution in [1.29, 1.82) is 0 Å². The van der Waals surface area contributed by atoms with Crippen molar-refractivity contribution in [1.82, 2.24) is 40.3 Å². The zero-order chi connectivity index (χ0) is 17.2. The third-order valence-corrected chi connectivity index (χ3v) is 5.39. The Kier molecular flexibility index (Phi) is 4.07. The predicted molar refractivity (Wildman–Crippen MR) is 92.5 cm³/mol. The van der Waals surface area contributed by atoms with E-state index in [0.717, 1.165) is 15.6 Å². The van der Waals surface area contributed by atoms with E-state index < -0.39 is 0 Å². The third kappa shape index (κ3) is 3.06. The Labute approximate surface area is 149 Å². The third-order valence-electron chi connectivity index (χ3n) is 3.46. The van der Waals surface area contributed by atoms with E-state index in [1.807, 2.05) is 22.9 Å². The van der Waals surface area contributed by atoms with Crippen molar-refractivity contribution in [3.63, 3.8) is 0 Å². The van der Waals surface area contributed by atoms with E-state index in [1.165, 1.54) is 17.2 Å². The van der Waals surface area contributed by atoms with E-state index in [9.17, 15) is 4.79 Å². The summed E-state index contributed by atoms with van der Waals surface area (Å²) in [5.74, 6) is 0.240. The van der Waals surface area contributed by atoms with Gasteiger partial charge in [0.2, 0.25) is 0 Å². The second kappa shape index (κ2) is 6.53. The van der Waals surface area contributed by atoms with Crippen molar-refractivity contribution in [3.8, 4) is 15.7 Å². The summed E-state index contributed by atoms with van der Waals surface area (Å²) in [6.45, 7) is 0.404. The van der Waals surface area contributed by atoms with E-state index in [-0.39, 0.29) is 5.91 Å². The van der Waals surface area contributed by atoms with Crippen LogP contribution >= 0.6 is 22.7 Å². The normalized spacial score (nSPS) is 10.9. The van der Waals surface area contributed by atoms with Crippen LogP contribution in [0.15, 0.2) is 35.4 Å². The molecular weight excluding hydrogens is 360 g/mol. The van der Waals surface area contributed by atoms with Gasteiger partial charge in [0, 0.05) is 12.4 Å². The molecule has 11 heteroatoms. The number of rotatable bonds is 5. The van der Waals surface area contributed by atoms with Gasteiger partial charge < -0.3 is 4.90 Å². The van der Waals surface area contributed by atoms with Crippen molar-refractivity contribution in [3.05, 3.63) is 46.7 Å². The lowest BCUT2D eigenvalue weighted by molar-refractivity contribution is 0.0783. The average molecular weight is 372 g/mol. The molecule has 0 aliphatic carbocycles. The van der Waals surface area contributed by atoms with Crippen molar-refractivity contribution in [2.45, 2.75) is 6.54 Å². The standard InChI is InChI=1S/C14H12N8OS2/c1-21(6-9-7-25-13(17-9)11-3-2-4-24-11)14(23)10-5-15-18-12(10)22-8-16-19-20-22/h2-5,7-8H,6H2,1H3,(H,15,18). The summed E-state index contributed by atoms with van der Waals surface area (Å²) in [6, 6.07) is 4.03. The number of hydrogen-bond acceptors (Lipinski definition) is 8. The van der Waals surface area contributed by atoms with Gasteiger partial charge in [-0.15, -0.1) is 27.8 Å². The molecule has 4 aromatic heterocycles. The molecule has 25 heavy (non-hydrogen) atoms. The van der Waals surface area contributed by atoms with E-state index in [2.05, 4.69) is 30.7 Å². The summed E-state index contributed by atoms with van der Waals surface area (Å²) in [6.07, 6.45) is 2.87. The number of amides is 1. The second-order valence-electron chi connectivity index (χ2n) is 5.17. The summed E-state index contributed by atoms with van der Waals surface area (Å²) in [4.78, 5) is 20.0. The van der Waals surface area contributed by atoms with Crippen LogP contribution < -0.4 is 0 Å². The maximum Gasteiger partial charge on any atom is 0.259 e. The van der Waals surface area contributed by atoms with E-state index >= 15 is 0 Å². The van der Waals surface area contributed by atoms with Gasteiger partial charge in [0.25, 0.3) is 5.91 Å². The van der Waals surface area contributed by atoms with E-state index in [4.69, 9.17) is 0 Å². The molecule has 0 bridgehead atoms. The number of aromatic amines is 1. The molecule has 0 unspecified atom stereocenters. The molecule has 4 heterocycles. The maximum absolute atomic E-state index is 12.7. The molecule has 0 spiro atoms. The lowest BCUT2D eigenvalue weighted by atomic mass is 10.2. The molecule has 0 aliphatic heterocycles. The van der Waals surface area contributed by atoms with E-state index in [0.29, 0.717) is 17.9 Å².